The minimum absolute atomic E-state index is 0.194. The van der Waals surface area contributed by atoms with Crippen LogP contribution in [0, 0.1) is 0 Å². The van der Waals surface area contributed by atoms with E-state index in [1.165, 1.54) is 0 Å². The molecule has 2 atom stereocenters. The number of pyridine rings is 1. The van der Waals surface area contributed by atoms with E-state index in [0.717, 1.165) is 44.4 Å². The molecule has 2 aromatic heterocycles. The van der Waals surface area contributed by atoms with Gasteiger partial charge in [0.2, 0.25) is 0 Å². The molecule has 0 saturated carbocycles. The molecule has 2 N–H and O–H groups in total. The average molecular weight is 329 g/mol. The van der Waals surface area contributed by atoms with Crippen LogP contribution < -0.4 is 5.32 Å². The number of rotatable bonds is 4. The Labute approximate surface area is 133 Å². The molecule has 0 amide bonds. The van der Waals surface area contributed by atoms with Crippen molar-refractivity contribution < 1.29 is 5.11 Å². The highest BCUT2D eigenvalue weighted by atomic mass is 35.5. The van der Waals surface area contributed by atoms with Gasteiger partial charge in [-0.05, 0) is 32.2 Å². The van der Waals surface area contributed by atoms with E-state index in [4.69, 9.17) is 23.2 Å². The van der Waals surface area contributed by atoms with Crippen molar-refractivity contribution in [2.24, 2.45) is 0 Å². The highest BCUT2D eigenvalue weighted by Gasteiger charge is 2.21. The summed E-state index contributed by atoms with van der Waals surface area (Å²) in [5, 5.41) is 14.2. The van der Waals surface area contributed by atoms with Gasteiger partial charge >= 0.3 is 0 Å². The van der Waals surface area contributed by atoms with Gasteiger partial charge in [0, 0.05) is 18.8 Å². The van der Waals surface area contributed by atoms with Crippen molar-refractivity contribution in [2.45, 2.75) is 44.4 Å². The van der Waals surface area contributed by atoms with Gasteiger partial charge in [0.15, 0.2) is 5.65 Å². The summed E-state index contributed by atoms with van der Waals surface area (Å²) < 4.78 is 1.98. The Balaban J connectivity index is 1.64. The van der Waals surface area contributed by atoms with E-state index in [2.05, 4.69) is 15.3 Å². The number of nitrogens with zero attached hydrogens (tertiary/aromatic N) is 3. The summed E-state index contributed by atoms with van der Waals surface area (Å²) in [6, 6.07) is 0.194. The molecule has 1 fully saturated rings. The zero-order chi connectivity index (χ0) is 14.8. The molecular formula is C14H18Cl2N4O. The van der Waals surface area contributed by atoms with Crippen molar-refractivity contribution in [1.29, 1.82) is 0 Å². The van der Waals surface area contributed by atoms with E-state index >= 15 is 0 Å². The predicted molar refractivity (Wildman–Crippen MR) is 83.8 cm³/mol. The van der Waals surface area contributed by atoms with Gasteiger partial charge in [0.25, 0.3) is 0 Å². The number of hydrogen-bond acceptors (Lipinski definition) is 4. The smallest absolute Gasteiger partial charge is 0.161 e. The Morgan fingerprint density at radius 2 is 2.24 bits per heavy atom. The van der Waals surface area contributed by atoms with Crippen LogP contribution in [-0.2, 0) is 6.54 Å². The minimum atomic E-state index is -0.232. The summed E-state index contributed by atoms with van der Waals surface area (Å²) in [7, 11) is 0. The van der Waals surface area contributed by atoms with Crippen molar-refractivity contribution in [3.8, 4) is 0 Å². The summed E-state index contributed by atoms with van der Waals surface area (Å²) in [5.41, 5.74) is 1.39. The zero-order valence-electron chi connectivity index (χ0n) is 11.6. The summed E-state index contributed by atoms with van der Waals surface area (Å²) in [6.45, 7) is 1.79. The van der Waals surface area contributed by atoms with Gasteiger partial charge in [-0.15, -0.1) is 0 Å². The van der Waals surface area contributed by atoms with E-state index in [1.807, 2.05) is 4.57 Å². The minimum Gasteiger partial charge on any atom is -0.392 e. The summed E-state index contributed by atoms with van der Waals surface area (Å²) in [4.78, 5) is 8.58. The van der Waals surface area contributed by atoms with Crippen LogP contribution in [0.3, 0.4) is 0 Å². The molecule has 0 radical (unpaired) electrons. The standard InChI is InChI=1S/C14H18Cl2N4O/c15-9-7-18-14-13(12(9)16)19-8-20(14)6-2-3-10-11(21)4-1-5-17-10/h7-8,10-11,17,21H,1-6H2/t10-,11+/m1/s1. The Morgan fingerprint density at radius 3 is 3.05 bits per heavy atom. The Morgan fingerprint density at radius 1 is 1.38 bits per heavy atom. The van der Waals surface area contributed by atoms with Gasteiger partial charge < -0.3 is 15.0 Å². The Hall–Kier alpha value is -0.880. The van der Waals surface area contributed by atoms with Crippen LogP contribution in [0.5, 0.6) is 0 Å². The molecule has 0 unspecified atom stereocenters. The van der Waals surface area contributed by atoms with Crippen LogP contribution in [-0.4, -0.2) is 38.3 Å². The average Bonchev–Trinajstić information content (AvgIpc) is 2.89. The van der Waals surface area contributed by atoms with Crippen molar-refractivity contribution in [3.05, 3.63) is 22.6 Å². The van der Waals surface area contributed by atoms with Crippen LogP contribution >= 0.6 is 23.2 Å². The van der Waals surface area contributed by atoms with Gasteiger partial charge in [-0.1, -0.05) is 23.2 Å². The number of fused-ring (bicyclic) bond motifs is 1. The zero-order valence-corrected chi connectivity index (χ0v) is 13.1. The van der Waals surface area contributed by atoms with Crippen molar-refractivity contribution in [2.75, 3.05) is 6.54 Å². The second kappa shape index (κ2) is 6.48. The lowest BCUT2D eigenvalue weighted by atomic mass is 9.97. The molecule has 5 nitrogen and oxygen atoms in total. The van der Waals surface area contributed by atoms with Crippen LogP contribution in [0.4, 0.5) is 0 Å². The number of aromatic nitrogens is 3. The first-order chi connectivity index (χ1) is 10.2. The maximum absolute atomic E-state index is 9.94. The molecule has 0 bridgehead atoms. The Kier molecular flexibility index (Phi) is 4.64. The van der Waals surface area contributed by atoms with Gasteiger partial charge in [0.05, 0.1) is 22.5 Å². The van der Waals surface area contributed by atoms with E-state index < -0.39 is 0 Å². The molecule has 0 aromatic carbocycles. The lowest BCUT2D eigenvalue weighted by molar-refractivity contribution is 0.0909. The Bertz CT molecular complexity index is 631. The van der Waals surface area contributed by atoms with Crippen LogP contribution in [0.2, 0.25) is 10.0 Å². The van der Waals surface area contributed by atoms with Crippen molar-refractivity contribution in [1.82, 2.24) is 19.9 Å². The maximum Gasteiger partial charge on any atom is 0.161 e. The number of hydrogen-bond donors (Lipinski definition) is 2. The molecule has 3 rings (SSSR count). The van der Waals surface area contributed by atoms with Gasteiger partial charge in [-0.3, -0.25) is 0 Å². The second-order valence-corrected chi connectivity index (χ2v) is 6.23. The molecule has 114 valence electrons. The molecule has 7 heteroatoms. The molecule has 0 spiro atoms. The largest absolute Gasteiger partial charge is 0.392 e. The fourth-order valence-electron chi connectivity index (χ4n) is 2.83. The number of nitrogens with one attached hydrogen (secondary N) is 1. The van der Waals surface area contributed by atoms with E-state index in [9.17, 15) is 5.11 Å². The highest BCUT2D eigenvalue weighted by molar-refractivity contribution is 6.44. The SMILES string of the molecule is O[C@H]1CCCN[C@@H]1CCCn1cnc2c(Cl)c(Cl)cnc21. The molecular weight excluding hydrogens is 311 g/mol. The van der Waals surface area contributed by atoms with Gasteiger partial charge in [-0.2, -0.15) is 0 Å². The molecule has 1 aliphatic rings. The van der Waals surface area contributed by atoms with Crippen LogP contribution in [0.25, 0.3) is 11.2 Å². The van der Waals surface area contributed by atoms with Crippen LogP contribution in [0.15, 0.2) is 12.5 Å². The number of piperidine rings is 1. The number of aliphatic hydroxyl groups is 1. The summed E-state index contributed by atoms with van der Waals surface area (Å²) >= 11 is 12.1. The quantitative estimate of drug-likeness (QED) is 0.905. The fourth-order valence-corrected chi connectivity index (χ4v) is 3.15. The van der Waals surface area contributed by atoms with Crippen molar-refractivity contribution >= 4 is 34.4 Å². The topological polar surface area (TPSA) is 63.0 Å². The first-order valence-corrected chi connectivity index (χ1v) is 7.98. The third-order valence-corrected chi connectivity index (χ3v) is 4.76. The third kappa shape index (κ3) is 3.16. The third-order valence-electron chi connectivity index (χ3n) is 3.99. The normalized spacial score (nSPS) is 22.8. The monoisotopic (exact) mass is 328 g/mol. The molecule has 0 aliphatic carbocycles. The predicted octanol–water partition coefficient (Wildman–Crippen LogP) is 2.63. The summed E-state index contributed by atoms with van der Waals surface area (Å²) in [5.74, 6) is 0. The molecule has 3 heterocycles. The van der Waals surface area contributed by atoms with E-state index in [-0.39, 0.29) is 12.1 Å². The van der Waals surface area contributed by atoms with Crippen LogP contribution in [0.1, 0.15) is 25.7 Å². The summed E-state index contributed by atoms with van der Waals surface area (Å²) in [6.07, 6.45) is 6.88. The highest BCUT2D eigenvalue weighted by Crippen LogP contribution is 2.28. The lowest BCUT2D eigenvalue weighted by Gasteiger charge is -2.28. The van der Waals surface area contributed by atoms with E-state index in [0.29, 0.717) is 15.6 Å². The lowest BCUT2D eigenvalue weighted by Crippen LogP contribution is -2.44. The fraction of sp³-hybridized carbons (Fsp3) is 0.571. The number of aliphatic hydroxyl groups excluding tert-OH is 1. The van der Waals surface area contributed by atoms with Gasteiger partial charge in [0.1, 0.15) is 5.52 Å². The molecule has 1 aliphatic heterocycles. The number of imidazole rings is 1. The molecule has 21 heavy (non-hydrogen) atoms. The number of halogens is 2. The first-order valence-electron chi connectivity index (χ1n) is 7.23. The maximum atomic E-state index is 9.94. The van der Waals surface area contributed by atoms with Crippen molar-refractivity contribution in [3.63, 3.8) is 0 Å². The number of aryl methyl sites for hydroxylation is 1. The first kappa shape index (κ1) is 15.0. The van der Waals surface area contributed by atoms with E-state index in [1.54, 1.807) is 12.5 Å². The molecule has 2 aromatic rings. The second-order valence-electron chi connectivity index (χ2n) is 5.44. The van der Waals surface area contributed by atoms with Gasteiger partial charge in [-0.25, -0.2) is 9.97 Å². The molecule has 1 saturated heterocycles.